The average molecular weight is 287 g/mol. The largest absolute Gasteiger partial charge is 0.369 e. The SMILES string of the molecule is CC(C)N1CCc2ccc(I)cc21. The molecule has 70 valence electrons. The number of anilines is 1. The van der Waals surface area contributed by atoms with E-state index in [0.29, 0.717) is 6.04 Å². The number of benzene rings is 1. The molecule has 0 spiro atoms. The number of rotatable bonds is 1. The van der Waals surface area contributed by atoms with Crippen molar-refractivity contribution in [3.8, 4) is 0 Å². The Kier molecular flexibility index (Phi) is 2.49. The van der Waals surface area contributed by atoms with E-state index in [1.807, 2.05) is 0 Å². The maximum absolute atomic E-state index is 2.48. The second kappa shape index (κ2) is 3.48. The molecule has 1 aliphatic rings. The fourth-order valence-electron chi connectivity index (χ4n) is 1.91. The van der Waals surface area contributed by atoms with E-state index in [1.165, 1.54) is 27.8 Å². The highest BCUT2D eigenvalue weighted by molar-refractivity contribution is 14.1. The first-order valence-electron chi connectivity index (χ1n) is 4.73. The molecule has 2 heteroatoms. The Bertz CT molecular complexity index is 320. The van der Waals surface area contributed by atoms with Crippen molar-refractivity contribution < 1.29 is 0 Å². The maximum atomic E-state index is 2.48. The van der Waals surface area contributed by atoms with Crippen LogP contribution < -0.4 is 4.90 Å². The second-order valence-corrected chi connectivity index (χ2v) is 5.06. The molecule has 0 atom stereocenters. The molecular weight excluding hydrogens is 273 g/mol. The maximum Gasteiger partial charge on any atom is 0.0412 e. The Morgan fingerprint density at radius 1 is 1.38 bits per heavy atom. The quantitative estimate of drug-likeness (QED) is 0.718. The van der Waals surface area contributed by atoms with Gasteiger partial charge in [-0.05, 0) is 60.6 Å². The van der Waals surface area contributed by atoms with Gasteiger partial charge in [-0.15, -0.1) is 0 Å². The van der Waals surface area contributed by atoms with E-state index >= 15 is 0 Å². The molecule has 1 aliphatic heterocycles. The molecule has 0 fully saturated rings. The molecule has 2 rings (SSSR count). The standard InChI is InChI=1S/C11H14IN/c1-8(2)13-6-5-9-3-4-10(12)7-11(9)13/h3-4,7-8H,5-6H2,1-2H3. The lowest BCUT2D eigenvalue weighted by atomic mass is 10.2. The van der Waals surface area contributed by atoms with Crippen LogP contribution in [0.15, 0.2) is 18.2 Å². The Labute approximate surface area is 93.3 Å². The van der Waals surface area contributed by atoms with Crippen LogP contribution >= 0.6 is 22.6 Å². The molecule has 0 saturated heterocycles. The third-order valence-electron chi connectivity index (χ3n) is 2.60. The molecule has 1 heterocycles. The summed E-state index contributed by atoms with van der Waals surface area (Å²) in [7, 11) is 0. The lowest BCUT2D eigenvalue weighted by Crippen LogP contribution is -2.28. The Morgan fingerprint density at radius 3 is 2.85 bits per heavy atom. The van der Waals surface area contributed by atoms with E-state index in [1.54, 1.807) is 0 Å². The van der Waals surface area contributed by atoms with E-state index < -0.39 is 0 Å². The van der Waals surface area contributed by atoms with Crippen LogP contribution in [-0.2, 0) is 6.42 Å². The predicted octanol–water partition coefficient (Wildman–Crippen LogP) is 3.06. The second-order valence-electron chi connectivity index (χ2n) is 3.81. The summed E-state index contributed by atoms with van der Waals surface area (Å²) in [6, 6.07) is 7.38. The Balaban J connectivity index is 2.40. The summed E-state index contributed by atoms with van der Waals surface area (Å²) in [6.45, 7) is 5.71. The third kappa shape index (κ3) is 1.68. The first-order valence-corrected chi connectivity index (χ1v) is 5.81. The van der Waals surface area contributed by atoms with E-state index in [2.05, 4.69) is 59.5 Å². The van der Waals surface area contributed by atoms with Gasteiger partial charge in [0.05, 0.1) is 0 Å². The molecule has 0 aliphatic carbocycles. The fourth-order valence-corrected chi connectivity index (χ4v) is 2.39. The zero-order valence-corrected chi connectivity index (χ0v) is 10.2. The Hall–Kier alpha value is -0.250. The van der Waals surface area contributed by atoms with E-state index in [4.69, 9.17) is 0 Å². The van der Waals surface area contributed by atoms with Crippen molar-refractivity contribution in [2.24, 2.45) is 0 Å². The lowest BCUT2D eigenvalue weighted by Gasteiger charge is -2.23. The molecular formula is C11H14IN. The number of hydrogen-bond acceptors (Lipinski definition) is 1. The molecule has 1 nitrogen and oxygen atoms in total. The molecule has 13 heavy (non-hydrogen) atoms. The third-order valence-corrected chi connectivity index (χ3v) is 3.27. The van der Waals surface area contributed by atoms with Gasteiger partial charge in [0.25, 0.3) is 0 Å². The van der Waals surface area contributed by atoms with Crippen LogP contribution in [0.1, 0.15) is 19.4 Å². The van der Waals surface area contributed by atoms with E-state index in [9.17, 15) is 0 Å². The summed E-state index contributed by atoms with van der Waals surface area (Å²) in [5, 5.41) is 0. The van der Waals surface area contributed by atoms with Gasteiger partial charge in [0, 0.05) is 21.8 Å². The summed E-state index contributed by atoms with van der Waals surface area (Å²) >= 11 is 2.38. The van der Waals surface area contributed by atoms with Gasteiger partial charge in [-0.2, -0.15) is 0 Å². The number of nitrogens with zero attached hydrogens (tertiary/aromatic N) is 1. The fraction of sp³-hybridized carbons (Fsp3) is 0.455. The van der Waals surface area contributed by atoms with Crippen LogP contribution in [0.4, 0.5) is 5.69 Å². The normalized spacial score (nSPS) is 15.2. The van der Waals surface area contributed by atoms with Crippen molar-refractivity contribution in [2.75, 3.05) is 11.4 Å². The van der Waals surface area contributed by atoms with Crippen LogP contribution in [0.25, 0.3) is 0 Å². The highest BCUT2D eigenvalue weighted by Gasteiger charge is 2.20. The molecule has 0 amide bonds. The molecule has 1 aromatic rings. The minimum atomic E-state index is 0.624. The lowest BCUT2D eigenvalue weighted by molar-refractivity contribution is 0.710. The van der Waals surface area contributed by atoms with Crippen molar-refractivity contribution in [1.29, 1.82) is 0 Å². The van der Waals surface area contributed by atoms with Crippen molar-refractivity contribution in [3.63, 3.8) is 0 Å². The van der Waals surface area contributed by atoms with Crippen LogP contribution in [-0.4, -0.2) is 12.6 Å². The van der Waals surface area contributed by atoms with Gasteiger partial charge in [0.1, 0.15) is 0 Å². The highest BCUT2D eigenvalue weighted by atomic mass is 127. The molecule has 0 saturated carbocycles. The minimum absolute atomic E-state index is 0.624. The van der Waals surface area contributed by atoms with Crippen molar-refractivity contribution in [2.45, 2.75) is 26.3 Å². The van der Waals surface area contributed by atoms with Gasteiger partial charge in [-0.25, -0.2) is 0 Å². The first-order chi connectivity index (χ1) is 6.18. The summed E-state index contributed by atoms with van der Waals surface area (Å²) in [5.74, 6) is 0. The summed E-state index contributed by atoms with van der Waals surface area (Å²) in [6.07, 6.45) is 1.21. The van der Waals surface area contributed by atoms with Gasteiger partial charge in [0.2, 0.25) is 0 Å². The molecule has 1 aromatic carbocycles. The van der Waals surface area contributed by atoms with Crippen molar-refractivity contribution in [1.82, 2.24) is 0 Å². The van der Waals surface area contributed by atoms with Crippen molar-refractivity contribution >= 4 is 28.3 Å². The van der Waals surface area contributed by atoms with Crippen LogP contribution in [0.5, 0.6) is 0 Å². The van der Waals surface area contributed by atoms with Gasteiger partial charge < -0.3 is 4.90 Å². The van der Waals surface area contributed by atoms with Gasteiger partial charge in [-0.1, -0.05) is 6.07 Å². The average Bonchev–Trinajstić information content (AvgIpc) is 2.46. The molecule has 0 unspecified atom stereocenters. The number of fused-ring (bicyclic) bond motifs is 1. The monoisotopic (exact) mass is 287 g/mol. The zero-order valence-electron chi connectivity index (χ0n) is 8.05. The van der Waals surface area contributed by atoms with Crippen LogP contribution in [0.3, 0.4) is 0 Å². The predicted molar refractivity (Wildman–Crippen MR) is 65.3 cm³/mol. The van der Waals surface area contributed by atoms with E-state index in [-0.39, 0.29) is 0 Å². The van der Waals surface area contributed by atoms with E-state index in [0.717, 1.165) is 0 Å². The molecule has 0 N–H and O–H groups in total. The number of halogens is 1. The summed E-state index contributed by atoms with van der Waals surface area (Å²) in [5.41, 5.74) is 2.95. The van der Waals surface area contributed by atoms with Gasteiger partial charge in [0.15, 0.2) is 0 Å². The summed E-state index contributed by atoms with van der Waals surface area (Å²) < 4.78 is 1.34. The molecule has 0 bridgehead atoms. The topological polar surface area (TPSA) is 3.24 Å². The van der Waals surface area contributed by atoms with Gasteiger partial charge in [-0.3, -0.25) is 0 Å². The Morgan fingerprint density at radius 2 is 2.15 bits per heavy atom. The molecule has 0 aromatic heterocycles. The van der Waals surface area contributed by atoms with Crippen molar-refractivity contribution in [3.05, 3.63) is 27.3 Å². The zero-order chi connectivity index (χ0) is 9.42. The van der Waals surface area contributed by atoms with Gasteiger partial charge >= 0.3 is 0 Å². The smallest absolute Gasteiger partial charge is 0.0412 e. The van der Waals surface area contributed by atoms with Crippen LogP contribution in [0, 0.1) is 3.57 Å². The summed E-state index contributed by atoms with van der Waals surface area (Å²) in [4.78, 5) is 2.48. The first kappa shape index (κ1) is 9.31. The number of hydrogen-bond donors (Lipinski definition) is 0. The van der Waals surface area contributed by atoms with Crippen LogP contribution in [0.2, 0.25) is 0 Å². The molecule has 0 radical (unpaired) electrons. The highest BCUT2D eigenvalue weighted by Crippen LogP contribution is 2.30. The minimum Gasteiger partial charge on any atom is -0.369 e.